The van der Waals surface area contributed by atoms with Crippen LogP contribution in [0.3, 0.4) is 0 Å². The summed E-state index contributed by atoms with van der Waals surface area (Å²) in [5, 5.41) is 22.2. The number of benzene rings is 1. The summed E-state index contributed by atoms with van der Waals surface area (Å²) >= 11 is 5.97. The third-order valence-corrected chi connectivity index (χ3v) is 4.47. The first-order chi connectivity index (χ1) is 15.0. The van der Waals surface area contributed by atoms with E-state index in [-0.39, 0.29) is 30.1 Å². The second-order valence-corrected chi connectivity index (χ2v) is 6.66. The van der Waals surface area contributed by atoms with Crippen LogP contribution in [0.15, 0.2) is 54.2 Å². The molecule has 1 N–H and O–H groups in total. The molecule has 0 fully saturated rings. The zero-order chi connectivity index (χ0) is 22.4. The predicted octanol–water partition coefficient (Wildman–Crippen LogP) is 3.01. The van der Waals surface area contributed by atoms with Gasteiger partial charge in [0.25, 0.3) is 0 Å². The molecule has 2 heterocycles. The number of hydrogen-bond donors (Lipinski definition) is 1. The Kier molecular flexibility index (Phi) is 7.03. The maximum atomic E-state index is 12.1. The van der Waals surface area contributed by atoms with Crippen LogP contribution in [0, 0.1) is 0 Å². The minimum atomic E-state index is -0.933. The van der Waals surface area contributed by atoms with Gasteiger partial charge in [-0.2, -0.15) is 10.2 Å². The summed E-state index contributed by atoms with van der Waals surface area (Å²) in [6.07, 6.45) is 4.61. The molecule has 0 aliphatic rings. The first-order valence-electron chi connectivity index (χ1n) is 9.38. The highest BCUT2D eigenvalue weighted by molar-refractivity contribution is 6.30. The highest BCUT2D eigenvalue weighted by Gasteiger charge is 2.27. The van der Waals surface area contributed by atoms with E-state index in [2.05, 4.69) is 15.4 Å². The zero-order valence-corrected chi connectivity index (χ0v) is 17.6. The third-order valence-electron chi connectivity index (χ3n) is 4.22. The quantitative estimate of drug-likeness (QED) is 0.245. The van der Waals surface area contributed by atoms with Gasteiger partial charge in [-0.25, -0.2) is 19.0 Å². The van der Waals surface area contributed by atoms with E-state index in [1.807, 2.05) is 0 Å². The lowest BCUT2D eigenvalue weighted by atomic mass is 10.1. The van der Waals surface area contributed by atoms with E-state index in [1.54, 1.807) is 38.1 Å². The van der Waals surface area contributed by atoms with Crippen molar-refractivity contribution in [2.24, 2.45) is 5.16 Å². The molecule has 3 rings (SSSR count). The minimum Gasteiger partial charge on any atom is -0.462 e. The molecule has 0 atom stereocenters. The Morgan fingerprint density at radius 1 is 0.968 bits per heavy atom. The number of halogens is 1. The largest absolute Gasteiger partial charge is 0.462 e. The monoisotopic (exact) mass is 445 g/mol. The average molecular weight is 446 g/mol. The van der Waals surface area contributed by atoms with E-state index in [0.717, 1.165) is 0 Å². The van der Waals surface area contributed by atoms with Crippen LogP contribution >= 0.6 is 11.6 Å². The molecule has 10 nitrogen and oxygen atoms in total. The van der Waals surface area contributed by atoms with Crippen molar-refractivity contribution in [3.63, 3.8) is 0 Å². The van der Waals surface area contributed by atoms with Crippen LogP contribution in [0.2, 0.25) is 5.02 Å². The van der Waals surface area contributed by atoms with Crippen molar-refractivity contribution < 1.29 is 24.3 Å². The van der Waals surface area contributed by atoms with E-state index in [9.17, 15) is 14.8 Å². The highest BCUT2D eigenvalue weighted by atomic mass is 35.5. The van der Waals surface area contributed by atoms with E-state index in [1.165, 1.54) is 34.2 Å². The van der Waals surface area contributed by atoms with Gasteiger partial charge in [0.15, 0.2) is 6.17 Å². The molecule has 2 aromatic heterocycles. The molecule has 0 aliphatic heterocycles. The maximum absolute atomic E-state index is 12.1. The van der Waals surface area contributed by atoms with Gasteiger partial charge in [0.2, 0.25) is 0 Å². The van der Waals surface area contributed by atoms with Crippen LogP contribution < -0.4 is 0 Å². The number of ether oxygens (including phenoxy) is 2. The molecule has 0 unspecified atom stereocenters. The van der Waals surface area contributed by atoms with Gasteiger partial charge in [-0.15, -0.1) is 0 Å². The molecule has 0 amide bonds. The molecule has 0 aliphatic carbocycles. The first-order valence-corrected chi connectivity index (χ1v) is 9.76. The summed E-state index contributed by atoms with van der Waals surface area (Å²) in [4.78, 5) is 24.2. The molecular weight excluding hydrogens is 426 g/mol. The normalized spacial score (nSPS) is 11.5. The standard InChI is InChI=1S/C20H20ClN5O5/c1-3-30-19(27)14-9-22-25(11-14)18(17(24-29)13-5-7-16(21)8-6-13)26-12-15(10-23-26)20(28)31-4-2/h5-12,18,29H,3-4H2,1-2H3/b24-17+. The van der Waals surface area contributed by atoms with Crippen LogP contribution in [0.5, 0.6) is 0 Å². The van der Waals surface area contributed by atoms with Crippen LogP contribution in [0.1, 0.15) is 46.3 Å². The number of carbonyl (C=O) groups is 2. The number of carbonyl (C=O) groups excluding carboxylic acids is 2. The van der Waals surface area contributed by atoms with E-state index >= 15 is 0 Å². The van der Waals surface area contributed by atoms with Crippen molar-refractivity contribution in [2.45, 2.75) is 20.0 Å². The fourth-order valence-corrected chi connectivity index (χ4v) is 2.96. The zero-order valence-electron chi connectivity index (χ0n) is 16.8. The Labute approximate surface area is 182 Å². The Balaban J connectivity index is 2.07. The number of esters is 2. The molecule has 0 saturated carbocycles. The third kappa shape index (κ3) is 4.92. The van der Waals surface area contributed by atoms with Crippen molar-refractivity contribution in [1.29, 1.82) is 0 Å². The van der Waals surface area contributed by atoms with Gasteiger partial charge in [-0.3, -0.25) is 0 Å². The predicted molar refractivity (Wildman–Crippen MR) is 111 cm³/mol. The van der Waals surface area contributed by atoms with Crippen molar-refractivity contribution in [3.05, 3.63) is 70.8 Å². The summed E-state index contributed by atoms with van der Waals surface area (Å²) in [5.74, 6) is -1.09. The van der Waals surface area contributed by atoms with Gasteiger partial charge >= 0.3 is 11.9 Å². The Hall–Kier alpha value is -3.66. The van der Waals surface area contributed by atoms with E-state index in [4.69, 9.17) is 21.1 Å². The van der Waals surface area contributed by atoms with Gasteiger partial charge < -0.3 is 14.7 Å². The smallest absolute Gasteiger partial charge is 0.341 e. The summed E-state index contributed by atoms with van der Waals surface area (Å²) < 4.78 is 12.8. The van der Waals surface area contributed by atoms with Crippen LogP contribution in [-0.4, -0.2) is 55.6 Å². The summed E-state index contributed by atoms with van der Waals surface area (Å²) in [6.45, 7) is 3.82. The molecule has 3 aromatic rings. The average Bonchev–Trinajstić information content (AvgIpc) is 3.43. The molecule has 0 radical (unpaired) electrons. The fourth-order valence-electron chi connectivity index (χ4n) is 2.83. The summed E-state index contributed by atoms with van der Waals surface area (Å²) in [6, 6.07) is 6.60. The molecule has 0 saturated heterocycles. The van der Waals surface area contributed by atoms with Gasteiger partial charge in [-0.05, 0) is 26.0 Å². The molecule has 1 aromatic carbocycles. The van der Waals surface area contributed by atoms with Crippen LogP contribution in [0.25, 0.3) is 0 Å². The van der Waals surface area contributed by atoms with Gasteiger partial charge in [0.05, 0.1) is 36.7 Å². The SMILES string of the molecule is CCOC(=O)c1cnn(C(/C(=N/O)c2ccc(Cl)cc2)n2cc(C(=O)OCC)cn2)c1. The number of hydrogen-bond acceptors (Lipinski definition) is 8. The van der Waals surface area contributed by atoms with Crippen LogP contribution in [-0.2, 0) is 9.47 Å². The Morgan fingerprint density at radius 2 is 1.45 bits per heavy atom. The molecule has 162 valence electrons. The number of aromatic nitrogens is 4. The Bertz CT molecular complexity index is 1030. The maximum Gasteiger partial charge on any atom is 0.341 e. The molecule has 11 heteroatoms. The first kappa shape index (κ1) is 22.0. The van der Waals surface area contributed by atoms with Crippen molar-refractivity contribution in [3.8, 4) is 0 Å². The lowest BCUT2D eigenvalue weighted by molar-refractivity contribution is 0.0517. The minimum absolute atomic E-state index is 0.147. The lowest BCUT2D eigenvalue weighted by Gasteiger charge is -2.19. The molecular formula is C20H20ClN5O5. The van der Waals surface area contributed by atoms with Crippen molar-refractivity contribution >= 4 is 29.3 Å². The fraction of sp³-hybridized carbons (Fsp3) is 0.250. The second kappa shape index (κ2) is 9.90. The van der Waals surface area contributed by atoms with Crippen LogP contribution in [0.4, 0.5) is 0 Å². The summed E-state index contributed by atoms with van der Waals surface area (Å²) in [5.41, 5.74) is 1.09. The van der Waals surface area contributed by atoms with Crippen molar-refractivity contribution in [2.75, 3.05) is 13.2 Å². The van der Waals surface area contributed by atoms with E-state index in [0.29, 0.717) is 10.6 Å². The molecule has 0 bridgehead atoms. The Morgan fingerprint density at radius 3 is 1.87 bits per heavy atom. The number of oxime groups is 1. The lowest BCUT2D eigenvalue weighted by Crippen LogP contribution is -2.29. The number of rotatable bonds is 8. The van der Waals surface area contributed by atoms with Gasteiger partial charge in [0, 0.05) is 23.0 Å². The van der Waals surface area contributed by atoms with E-state index < -0.39 is 18.1 Å². The topological polar surface area (TPSA) is 121 Å². The van der Waals surface area contributed by atoms with Gasteiger partial charge in [0.1, 0.15) is 5.71 Å². The number of nitrogens with zero attached hydrogens (tertiary/aromatic N) is 5. The summed E-state index contributed by atoms with van der Waals surface area (Å²) in [7, 11) is 0. The molecule has 0 spiro atoms. The second-order valence-electron chi connectivity index (χ2n) is 6.22. The van der Waals surface area contributed by atoms with Crippen molar-refractivity contribution in [1.82, 2.24) is 19.6 Å². The van der Waals surface area contributed by atoms with Gasteiger partial charge in [-0.1, -0.05) is 28.9 Å². The molecule has 31 heavy (non-hydrogen) atoms. The highest BCUT2D eigenvalue weighted by Crippen LogP contribution is 2.21.